The first-order valence-corrected chi connectivity index (χ1v) is 10.8. The molecule has 2 N–H and O–H groups in total. The van der Waals surface area contributed by atoms with Crippen LogP contribution in [0.4, 0.5) is 0 Å². The van der Waals surface area contributed by atoms with Gasteiger partial charge in [0.25, 0.3) is 5.91 Å². The third-order valence-corrected chi connectivity index (χ3v) is 5.52. The van der Waals surface area contributed by atoms with Gasteiger partial charge in [0.1, 0.15) is 5.75 Å². The van der Waals surface area contributed by atoms with Gasteiger partial charge in [0.2, 0.25) is 0 Å². The number of hydrazone groups is 1. The second-order valence-corrected chi connectivity index (χ2v) is 7.87. The molecular formula is C25H32N4O2. The molecule has 1 aliphatic rings. The third kappa shape index (κ3) is 6.77. The molecule has 1 heterocycles. The highest BCUT2D eigenvalue weighted by Crippen LogP contribution is 2.24. The standard InChI is InChI=1S/C25H32N4O2/c1-3-8-22-15-20(4-2)16-23(25(22)31)17-26-27-24(30)19-29-13-11-28(12-14-29)18-21-9-6-5-7-10-21/h3,5-7,9-10,15-17,31H,1,4,8,11-14,18-19H2,2H3,(H,27,30)/b26-17+. The van der Waals surface area contributed by atoms with Gasteiger partial charge in [0.15, 0.2) is 0 Å². The first-order chi connectivity index (χ1) is 15.1. The van der Waals surface area contributed by atoms with Gasteiger partial charge in [0.05, 0.1) is 12.8 Å². The monoisotopic (exact) mass is 420 g/mol. The molecule has 0 saturated carbocycles. The number of piperazine rings is 1. The summed E-state index contributed by atoms with van der Waals surface area (Å²) in [7, 11) is 0. The molecule has 6 nitrogen and oxygen atoms in total. The summed E-state index contributed by atoms with van der Waals surface area (Å²) in [5, 5.41) is 14.5. The Morgan fingerprint density at radius 2 is 1.84 bits per heavy atom. The number of hydrogen-bond acceptors (Lipinski definition) is 5. The van der Waals surface area contributed by atoms with E-state index in [1.54, 1.807) is 6.08 Å². The van der Waals surface area contributed by atoms with E-state index in [1.807, 2.05) is 18.2 Å². The Morgan fingerprint density at radius 3 is 2.52 bits per heavy atom. The van der Waals surface area contributed by atoms with Crippen molar-refractivity contribution < 1.29 is 9.90 Å². The lowest BCUT2D eigenvalue weighted by atomic mass is 10.0. The SMILES string of the molecule is C=CCc1cc(CC)cc(/C=N/NC(=O)CN2CCN(Cc3ccccc3)CC2)c1O. The van der Waals surface area contributed by atoms with Crippen molar-refractivity contribution >= 4 is 12.1 Å². The van der Waals surface area contributed by atoms with E-state index in [0.717, 1.165) is 50.3 Å². The Balaban J connectivity index is 1.47. The number of amides is 1. The number of phenolic OH excluding ortho intramolecular Hbond substituents is 1. The number of aromatic hydroxyl groups is 1. The number of hydrogen-bond donors (Lipinski definition) is 2. The fraction of sp³-hybridized carbons (Fsp3) is 0.360. The minimum Gasteiger partial charge on any atom is -0.507 e. The van der Waals surface area contributed by atoms with Crippen molar-refractivity contribution in [1.82, 2.24) is 15.2 Å². The molecule has 31 heavy (non-hydrogen) atoms. The second-order valence-electron chi connectivity index (χ2n) is 7.87. The first kappa shape index (κ1) is 22.7. The molecule has 2 aromatic carbocycles. The van der Waals surface area contributed by atoms with Gasteiger partial charge in [0, 0.05) is 38.3 Å². The Morgan fingerprint density at radius 1 is 1.13 bits per heavy atom. The maximum absolute atomic E-state index is 12.3. The summed E-state index contributed by atoms with van der Waals surface area (Å²) in [5.74, 6) is 0.0369. The third-order valence-electron chi connectivity index (χ3n) is 5.52. The van der Waals surface area contributed by atoms with Gasteiger partial charge in [-0.05, 0) is 35.6 Å². The van der Waals surface area contributed by atoms with Gasteiger partial charge < -0.3 is 5.11 Å². The van der Waals surface area contributed by atoms with Crippen molar-refractivity contribution in [2.45, 2.75) is 26.3 Å². The van der Waals surface area contributed by atoms with E-state index in [0.29, 0.717) is 18.5 Å². The van der Waals surface area contributed by atoms with E-state index in [4.69, 9.17) is 0 Å². The van der Waals surface area contributed by atoms with Crippen LogP contribution >= 0.6 is 0 Å². The predicted molar refractivity (Wildman–Crippen MR) is 125 cm³/mol. The van der Waals surface area contributed by atoms with Crippen LogP contribution in [-0.4, -0.2) is 59.8 Å². The van der Waals surface area contributed by atoms with Crippen LogP contribution in [0.1, 0.15) is 29.2 Å². The zero-order valence-electron chi connectivity index (χ0n) is 18.3. The van der Waals surface area contributed by atoms with Crippen molar-refractivity contribution in [2.24, 2.45) is 5.10 Å². The number of allylic oxidation sites excluding steroid dienone is 1. The lowest BCUT2D eigenvalue weighted by molar-refractivity contribution is -0.122. The Hall–Kier alpha value is -2.96. The van der Waals surface area contributed by atoms with Crippen LogP contribution in [0.25, 0.3) is 0 Å². The lowest BCUT2D eigenvalue weighted by Crippen LogP contribution is -2.48. The number of rotatable bonds is 9. The van der Waals surface area contributed by atoms with E-state index in [9.17, 15) is 9.90 Å². The van der Waals surface area contributed by atoms with Crippen LogP contribution < -0.4 is 5.43 Å². The highest BCUT2D eigenvalue weighted by Gasteiger charge is 2.18. The molecule has 0 atom stereocenters. The molecule has 1 saturated heterocycles. The van der Waals surface area contributed by atoms with E-state index in [2.05, 4.69) is 58.1 Å². The second kappa shape index (κ2) is 11.4. The molecule has 3 rings (SSSR count). The molecule has 6 heteroatoms. The normalized spacial score (nSPS) is 15.3. The Kier molecular flexibility index (Phi) is 8.38. The Bertz CT molecular complexity index is 903. The number of nitrogens with one attached hydrogen (secondary N) is 1. The van der Waals surface area contributed by atoms with Crippen LogP contribution in [0.2, 0.25) is 0 Å². The highest BCUT2D eigenvalue weighted by molar-refractivity contribution is 5.86. The minimum atomic E-state index is -0.148. The minimum absolute atomic E-state index is 0.148. The molecule has 0 unspecified atom stereocenters. The van der Waals surface area contributed by atoms with Gasteiger partial charge in [-0.25, -0.2) is 5.43 Å². The number of benzene rings is 2. The van der Waals surface area contributed by atoms with Crippen molar-refractivity contribution in [1.29, 1.82) is 0 Å². The number of nitrogens with zero attached hydrogens (tertiary/aromatic N) is 3. The van der Waals surface area contributed by atoms with E-state index < -0.39 is 0 Å². The molecule has 1 amide bonds. The topological polar surface area (TPSA) is 68.2 Å². The quantitative estimate of drug-likeness (QED) is 0.372. The maximum Gasteiger partial charge on any atom is 0.254 e. The zero-order chi connectivity index (χ0) is 22.1. The van der Waals surface area contributed by atoms with Crippen molar-refractivity contribution in [3.63, 3.8) is 0 Å². The molecular weight excluding hydrogens is 388 g/mol. The summed E-state index contributed by atoms with van der Waals surface area (Å²) in [6.45, 7) is 10.7. The molecule has 1 fully saturated rings. The zero-order valence-corrected chi connectivity index (χ0v) is 18.3. The molecule has 1 aliphatic heterocycles. The molecule has 0 aliphatic carbocycles. The summed E-state index contributed by atoms with van der Waals surface area (Å²) in [5.41, 5.74) is 6.43. The van der Waals surface area contributed by atoms with Gasteiger partial charge >= 0.3 is 0 Å². The fourth-order valence-electron chi connectivity index (χ4n) is 3.76. The maximum atomic E-state index is 12.3. The first-order valence-electron chi connectivity index (χ1n) is 10.8. The number of carbonyl (C=O) groups excluding carboxylic acids is 1. The molecule has 0 aromatic heterocycles. The number of phenols is 1. The van der Waals surface area contributed by atoms with E-state index in [-0.39, 0.29) is 11.7 Å². The average Bonchev–Trinajstić information content (AvgIpc) is 2.78. The summed E-state index contributed by atoms with van der Waals surface area (Å²) < 4.78 is 0. The fourth-order valence-corrected chi connectivity index (χ4v) is 3.76. The van der Waals surface area contributed by atoms with Gasteiger partial charge in [-0.3, -0.25) is 14.6 Å². The van der Waals surface area contributed by atoms with Crippen LogP contribution in [-0.2, 0) is 24.2 Å². The molecule has 2 aromatic rings. The largest absolute Gasteiger partial charge is 0.507 e. The van der Waals surface area contributed by atoms with Gasteiger partial charge in [-0.15, -0.1) is 6.58 Å². The van der Waals surface area contributed by atoms with Crippen LogP contribution in [0, 0.1) is 0 Å². The van der Waals surface area contributed by atoms with E-state index in [1.165, 1.54) is 11.8 Å². The predicted octanol–water partition coefficient (Wildman–Crippen LogP) is 2.95. The number of aryl methyl sites for hydroxylation is 1. The Labute approximate surface area is 184 Å². The average molecular weight is 421 g/mol. The summed E-state index contributed by atoms with van der Waals surface area (Å²) in [4.78, 5) is 16.8. The highest BCUT2D eigenvalue weighted by atomic mass is 16.3. The van der Waals surface area contributed by atoms with Gasteiger partial charge in [-0.1, -0.05) is 49.4 Å². The van der Waals surface area contributed by atoms with Gasteiger partial charge in [-0.2, -0.15) is 5.10 Å². The lowest BCUT2D eigenvalue weighted by Gasteiger charge is -2.34. The summed E-state index contributed by atoms with van der Waals surface area (Å²) in [6.07, 6.45) is 4.71. The summed E-state index contributed by atoms with van der Waals surface area (Å²) >= 11 is 0. The smallest absolute Gasteiger partial charge is 0.254 e. The number of carbonyl (C=O) groups is 1. The molecule has 164 valence electrons. The molecule has 0 radical (unpaired) electrons. The van der Waals surface area contributed by atoms with Crippen molar-refractivity contribution in [3.05, 3.63) is 77.4 Å². The van der Waals surface area contributed by atoms with Crippen LogP contribution in [0.5, 0.6) is 5.75 Å². The molecule has 0 spiro atoms. The van der Waals surface area contributed by atoms with Crippen LogP contribution in [0.3, 0.4) is 0 Å². The molecule has 0 bridgehead atoms. The van der Waals surface area contributed by atoms with Crippen LogP contribution in [0.15, 0.2) is 60.2 Å². The van der Waals surface area contributed by atoms with E-state index >= 15 is 0 Å². The van der Waals surface area contributed by atoms with Crippen molar-refractivity contribution in [3.8, 4) is 5.75 Å². The van der Waals surface area contributed by atoms with Crippen molar-refractivity contribution in [2.75, 3.05) is 32.7 Å². The summed E-state index contributed by atoms with van der Waals surface area (Å²) in [6, 6.07) is 14.3.